The number of halogens is 2. The van der Waals surface area contributed by atoms with Crippen molar-refractivity contribution in [3.63, 3.8) is 0 Å². The molecule has 7 heteroatoms. The van der Waals surface area contributed by atoms with Gasteiger partial charge in [-0.3, -0.25) is 9.59 Å². The molecule has 25 heavy (non-hydrogen) atoms. The molecule has 2 aromatic carbocycles. The van der Waals surface area contributed by atoms with Crippen molar-refractivity contribution in [2.45, 2.75) is 19.8 Å². The first-order chi connectivity index (χ1) is 11.9. The maximum Gasteiger partial charge on any atom is 0.240 e. The average molecular weight is 406 g/mol. The Labute approximate surface area is 153 Å². The van der Waals surface area contributed by atoms with Crippen molar-refractivity contribution < 1.29 is 14.0 Å². The fourth-order valence-electron chi connectivity index (χ4n) is 1.94. The van der Waals surface area contributed by atoms with Crippen LogP contribution in [0.4, 0.5) is 10.1 Å². The second kappa shape index (κ2) is 9.08. The van der Waals surface area contributed by atoms with E-state index in [2.05, 4.69) is 31.8 Å². The van der Waals surface area contributed by atoms with Crippen LogP contribution in [0.2, 0.25) is 0 Å². The van der Waals surface area contributed by atoms with E-state index < -0.39 is 0 Å². The molecule has 2 amide bonds. The second-order valence-corrected chi connectivity index (χ2v) is 6.21. The molecule has 0 bridgehead atoms. The van der Waals surface area contributed by atoms with E-state index >= 15 is 0 Å². The molecule has 0 atom stereocenters. The first-order valence-corrected chi connectivity index (χ1v) is 8.38. The maximum absolute atomic E-state index is 12.8. The Morgan fingerprint density at radius 3 is 2.24 bits per heavy atom. The molecule has 0 aromatic heterocycles. The number of benzene rings is 2. The van der Waals surface area contributed by atoms with E-state index in [1.54, 1.807) is 6.92 Å². The van der Waals surface area contributed by atoms with Crippen LogP contribution in [0.15, 0.2) is 58.1 Å². The lowest BCUT2D eigenvalue weighted by atomic mass is 10.1. The molecule has 0 saturated carbocycles. The van der Waals surface area contributed by atoms with Gasteiger partial charge in [0.15, 0.2) is 0 Å². The molecule has 0 aliphatic heterocycles. The predicted molar refractivity (Wildman–Crippen MR) is 98.8 cm³/mol. The monoisotopic (exact) mass is 405 g/mol. The van der Waals surface area contributed by atoms with Crippen molar-refractivity contribution in [1.29, 1.82) is 0 Å². The Kier molecular flexibility index (Phi) is 6.82. The van der Waals surface area contributed by atoms with Crippen molar-refractivity contribution in [3.8, 4) is 0 Å². The minimum atomic E-state index is -0.378. The minimum absolute atomic E-state index is 0.00411. The van der Waals surface area contributed by atoms with E-state index in [-0.39, 0.29) is 30.5 Å². The van der Waals surface area contributed by atoms with Gasteiger partial charge in [-0.15, -0.1) is 0 Å². The molecule has 0 fully saturated rings. The summed E-state index contributed by atoms with van der Waals surface area (Å²) < 4.78 is 13.7. The van der Waals surface area contributed by atoms with Crippen LogP contribution in [0.25, 0.3) is 0 Å². The van der Waals surface area contributed by atoms with Gasteiger partial charge in [0.1, 0.15) is 5.82 Å². The molecule has 0 radical (unpaired) electrons. The summed E-state index contributed by atoms with van der Waals surface area (Å²) >= 11 is 3.35. The van der Waals surface area contributed by atoms with Crippen LogP contribution in [0.3, 0.4) is 0 Å². The van der Waals surface area contributed by atoms with Gasteiger partial charge < -0.3 is 5.32 Å². The number of rotatable bonds is 6. The molecule has 2 aromatic rings. The normalized spacial score (nSPS) is 11.1. The molecule has 5 nitrogen and oxygen atoms in total. The molecule has 0 saturated heterocycles. The number of hydrazone groups is 1. The van der Waals surface area contributed by atoms with Crippen molar-refractivity contribution in [2.24, 2.45) is 5.10 Å². The summed E-state index contributed by atoms with van der Waals surface area (Å²) in [7, 11) is 0. The fraction of sp³-hybridized carbons (Fsp3) is 0.167. The Balaban J connectivity index is 1.77. The summed E-state index contributed by atoms with van der Waals surface area (Å²) in [6.45, 7) is 1.78. The first-order valence-electron chi connectivity index (χ1n) is 7.58. The number of nitrogens with one attached hydrogen (secondary N) is 2. The average Bonchev–Trinajstić information content (AvgIpc) is 2.60. The lowest BCUT2D eigenvalue weighted by molar-refractivity contribution is -0.124. The molecule has 0 unspecified atom stereocenters. The summed E-state index contributed by atoms with van der Waals surface area (Å²) in [6, 6.07) is 12.9. The third-order valence-corrected chi connectivity index (χ3v) is 3.85. The number of amides is 2. The topological polar surface area (TPSA) is 70.6 Å². The quantitative estimate of drug-likeness (QED) is 0.565. The van der Waals surface area contributed by atoms with Crippen molar-refractivity contribution in [3.05, 3.63) is 64.4 Å². The van der Waals surface area contributed by atoms with E-state index in [1.165, 1.54) is 24.3 Å². The highest BCUT2D eigenvalue weighted by atomic mass is 79.9. The van der Waals surface area contributed by atoms with E-state index in [4.69, 9.17) is 0 Å². The number of hydrogen-bond acceptors (Lipinski definition) is 3. The molecule has 130 valence electrons. The smallest absolute Gasteiger partial charge is 0.240 e. The van der Waals surface area contributed by atoms with Crippen LogP contribution in [-0.2, 0) is 9.59 Å². The van der Waals surface area contributed by atoms with Crippen molar-refractivity contribution in [1.82, 2.24) is 5.43 Å². The molecular formula is C18H17BrFN3O2. The SMILES string of the molecule is CC(=NNC(=O)CCC(=O)Nc1ccc(F)cc1)c1ccc(Br)cc1. The van der Waals surface area contributed by atoms with E-state index in [0.29, 0.717) is 11.4 Å². The third kappa shape index (κ3) is 6.46. The van der Waals surface area contributed by atoms with E-state index in [1.807, 2.05) is 24.3 Å². The number of carbonyl (C=O) groups excluding carboxylic acids is 2. The minimum Gasteiger partial charge on any atom is -0.326 e. The zero-order valence-electron chi connectivity index (χ0n) is 13.6. The molecular weight excluding hydrogens is 389 g/mol. The van der Waals surface area contributed by atoms with E-state index in [0.717, 1.165) is 10.0 Å². The molecule has 2 rings (SSSR count). The second-order valence-electron chi connectivity index (χ2n) is 5.29. The van der Waals surface area contributed by atoms with Gasteiger partial charge in [0, 0.05) is 23.0 Å². The van der Waals surface area contributed by atoms with Crippen LogP contribution in [-0.4, -0.2) is 17.5 Å². The number of anilines is 1. The highest BCUT2D eigenvalue weighted by Crippen LogP contribution is 2.11. The standard InChI is InChI=1S/C18H17BrFN3O2/c1-12(13-2-4-14(19)5-3-13)22-23-18(25)11-10-17(24)21-16-8-6-15(20)7-9-16/h2-9H,10-11H2,1H3,(H,21,24)(H,23,25). The Morgan fingerprint density at radius 2 is 1.60 bits per heavy atom. The van der Waals surface area contributed by atoms with Crippen LogP contribution in [0.5, 0.6) is 0 Å². The van der Waals surface area contributed by atoms with Gasteiger partial charge in [-0.2, -0.15) is 5.10 Å². The number of carbonyl (C=O) groups is 2. The highest BCUT2D eigenvalue weighted by Gasteiger charge is 2.07. The molecule has 0 spiro atoms. The van der Waals surface area contributed by atoms with Crippen LogP contribution in [0, 0.1) is 5.82 Å². The lowest BCUT2D eigenvalue weighted by Gasteiger charge is -2.05. The lowest BCUT2D eigenvalue weighted by Crippen LogP contribution is -2.21. The Bertz CT molecular complexity index is 774. The third-order valence-electron chi connectivity index (χ3n) is 3.32. The summed E-state index contributed by atoms with van der Waals surface area (Å²) in [5, 5.41) is 6.62. The van der Waals surface area contributed by atoms with Gasteiger partial charge in [-0.05, 0) is 48.9 Å². The molecule has 2 N–H and O–H groups in total. The Morgan fingerprint density at radius 1 is 1.00 bits per heavy atom. The largest absolute Gasteiger partial charge is 0.326 e. The Hall–Kier alpha value is -2.54. The summed E-state index contributed by atoms with van der Waals surface area (Å²) in [5.74, 6) is -1.06. The van der Waals surface area contributed by atoms with E-state index in [9.17, 15) is 14.0 Å². The summed E-state index contributed by atoms with van der Waals surface area (Å²) in [6.07, 6.45) is 0.0141. The van der Waals surface area contributed by atoms with Crippen LogP contribution < -0.4 is 10.7 Å². The molecule has 0 heterocycles. The van der Waals surface area contributed by atoms with Crippen LogP contribution in [0.1, 0.15) is 25.3 Å². The van der Waals surface area contributed by atoms with Gasteiger partial charge in [0.05, 0.1) is 5.71 Å². The van der Waals surface area contributed by atoms with Crippen LogP contribution >= 0.6 is 15.9 Å². The first kappa shape index (κ1) is 18.8. The number of nitrogens with zero attached hydrogens (tertiary/aromatic N) is 1. The fourth-order valence-corrected chi connectivity index (χ4v) is 2.21. The van der Waals surface area contributed by atoms with Gasteiger partial charge in [0.25, 0.3) is 0 Å². The highest BCUT2D eigenvalue weighted by molar-refractivity contribution is 9.10. The molecule has 0 aliphatic carbocycles. The van der Waals surface area contributed by atoms with Gasteiger partial charge in [-0.25, -0.2) is 9.82 Å². The van der Waals surface area contributed by atoms with Gasteiger partial charge in [-0.1, -0.05) is 28.1 Å². The summed E-state index contributed by atoms with van der Waals surface area (Å²) in [4.78, 5) is 23.5. The summed E-state index contributed by atoms with van der Waals surface area (Å²) in [5.41, 5.74) is 4.46. The van der Waals surface area contributed by atoms with Crippen molar-refractivity contribution in [2.75, 3.05) is 5.32 Å². The maximum atomic E-state index is 12.8. The number of hydrogen-bond donors (Lipinski definition) is 2. The zero-order chi connectivity index (χ0) is 18.2. The predicted octanol–water partition coefficient (Wildman–Crippen LogP) is 3.85. The van der Waals surface area contributed by atoms with Crippen molar-refractivity contribution >= 4 is 39.1 Å². The van der Waals surface area contributed by atoms with Gasteiger partial charge >= 0.3 is 0 Å². The van der Waals surface area contributed by atoms with Gasteiger partial charge in [0.2, 0.25) is 11.8 Å². The molecule has 0 aliphatic rings. The zero-order valence-corrected chi connectivity index (χ0v) is 15.1.